The van der Waals surface area contributed by atoms with E-state index in [1.54, 1.807) is 41.9 Å². The Hall–Kier alpha value is -2.65. The number of rotatable bonds is 7. The van der Waals surface area contributed by atoms with Crippen LogP contribution in [0.1, 0.15) is 22.5 Å². The predicted octanol–water partition coefficient (Wildman–Crippen LogP) is 3.45. The van der Waals surface area contributed by atoms with Gasteiger partial charge in [-0.2, -0.15) is 0 Å². The fourth-order valence-corrected chi connectivity index (χ4v) is 5.22. The Bertz CT molecular complexity index is 1150. The fourth-order valence-electron chi connectivity index (χ4n) is 3.16. The summed E-state index contributed by atoms with van der Waals surface area (Å²) in [6, 6.07) is 12.3. The van der Waals surface area contributed by atoms with E-state index < -0.39 is 9.84 Å². The molecule has 2 aromatic carbocycles. The second-order valence-electron chi connectivity index (χ2n) is 7.14. The van der Waals surface area contributed by atoms with Gasteiger partial charge in [-0.25, -0.2) is 8.42 Å². The van der Waals surface area contributed by atoms with Crippen molar-refractivity contribution < 1.29 is 13.2 Å². The Morgan fingerprint density at radius 3 is 2.33 bits per heavy atom. The Balaban J connectivity index is 1.65. The number of hydrogen-bond donors (Lipinski definition) is 1. The summed E-state index contributed by atoms with van der Waals surface area (Å²) >= 11 is 1.21. The quantitative estimate of drug-likeness (QED) is 0.561. The molecule has 0 radical (unpaired) electrons. The predicted molar refractivity (Wildman–Crippen MR) is 118 cm³/mol. The number of aryl methyl sites for hydroxylation is 3. The van der Waals surface area contributed by atoms with E-state index in [2.05, 4.69) is 15.5 Å². The van der Waals surface area contributed by atoms with Gasteiger partial charge in [0.2, 0.25) is 5.91 Å². The summed E-state index contributed by atoms with van der Waals surface area (Å²) in [5.41, 5.74) is 3.99. The van der Waals surface area contributed by atoms with Crippen LogP contribution in [-0.2, 0) is 27.4 Å². The van der Waals surface area contributed by atoms with Crippen LogP contribution < -0.4 is 5.32 Å². The largest absolute Gasteiger partial charge is 0.325 e. The molecule has 0 saturated heterocycles. The molecular weight excluding hydrogens is 420 g/mol. The molecule has 1 aromatic heterocycles. The topological polar surface area (TPSA) is 94.0 Å². The lowest BCUT2D eigenvalue weighted by atomic mass is 10.1. The van der Waals surface area contributed by atoms with Crippen LogP contribution in [0.4, 0.5) is 5.69 Å². The molecule has 0 saturated carbocycles. The van der Waals surface area contributed by atoms with Crippen molar-refractivity contribution in [2.24, 2.45) is 7.05 Å². The number of carbonyl (C=O) groups excluding carboxylic acids is 1. The van der Waals surface area contributed by atoms with E-state index in [4.69, 9.17) is 0 Å². The maximum atomic E-state index is 12.6. The third-order valence-corrected chi connectivity index (χ3v) is 7.27. The number of nitrogens with one attached hydrogen (secondary N) is 1. The molecule has 0 spiro atoms. The molecule has 0 fully saturated rings. The first-order valence-corrected chi connectivity index (χ1v) is 12.0. The zero-order chi connectivity index (χ0) is 21.9. The van der Waals surface area contributed by atoms with Gasteiger partial charge < -0.3 is 9.88 Å². The third-order valence-electron chi connectivity index (χ3n) is 4.62. The highest BCUT2D eigenvalue weighted by molar-refractivity contribution is 7.99. The molecule has 3 rings (SSSR count). The van der Waals surface area contributed by atoms with Crippen LogP contribution >= 0.6 is 11.8 Å². The molecule has 0 bridgehead atoms. The van der Waals surface area contributed by atoms with Crippen molar-refractivity contribution in [2.45, 2.75) is 36.6 Å². The summed E-state index contributed by atoms with van der Waals surface area (Å²) in [7, 11) is -1.82. The number of benzene rings is 2. The molecule has 30 heavy (non-hydrogen) atoms. The average Bonchev–Trinajstić information content (AvgIpc) is 3.03. The summed E-state index contributed by atoms with van der Waals surface area (Å²) in [6.07, 6.45) is 0. The van der Waals surface area contributed by atoms with Gasteiger partial charge in [-0.15, -0.1) is 10.2 Å². The Morgan fingerprint density at radius 1 is 1.07 bits per heavy atom. The van der Waals surface area contributed by atoms with Crippen LogP contribution in [0.25, 0.3) is 0 Å². The summed E-state index contributed by atoms with van der Waals surface area (Å²) in [5, 5.41) is 11.5. The molecule has 3 aromatic rings. The van der Waals surface area contributed by atoms with Crippen molar-refractivity contribution in [3.05, 3.63) is 65.0 Å². The van der Waals surface area contributed by atoms with Gasteiger partial charge in [0.15, 0.2) is 15.0 Å². The molecular formula is C21H24N4O3S2. The number of carbonyl (C=O) groups is 1. The fraction of sp³-hybridized carbons (Fsp3) is 0.286. The standard InChI is InChI=1S/C21H24N4O3S2/c1-14-10-15(2)20(16(3)11-14)22-19(26)12-29-21-24-23-18(25(21)4)13-30(27,28)17-8-6-5-7-9-17/h5-11H,12-13H2,1-4H3,(H,22,26). The van der Waals surface area contributed by atoms with E-state index in [0.717, 1.165) is 22.4 Å². The van der Waals surface area contributed by atoms with E-state index in [1.807, 2.05) is 32.9 Å². The summed E-state index contributed by atoms with van der Waals surface area (Å²) in [5.74, 6) is 0.0580. The van der Waals surface area contributed by atoms with Gasteiger partial charge in [0, 0.05) is 12.7 Å². The smallest absolute Gasteiger partial charge is 0.234 e. The van der Waals surface area contributed by atoms with Gasteiger partial charge in [0.05, 0.1) is 10.6 Å². The molecule has 0 atom stereocenters. The van der Waals surface area contributed by atoms with Crippen molar-refractivity contribution >= 4 is 33.2 Å². The van der Waals surface area contributed by atoms with Gasteiger partial charge in [0.1, 0.15) is 11.6 Å². The monoisotopic (exact) mass is 444 g/mol. The lowest BCUT2D eigenvalue weighted by molar-refractivity contribution is -0.113. The van der Waals surface area contributed by atoms with Gasteiger partial charge in [-0.1, -0.05) is 47.7 Å². The molecule has 9 heteroatoms. The van der Waals surface area contributed by atoms with Crippen LogP contribution in [-0.4, -0.2) is 34.8 Å². The third kappa shape index (κ3) is 5.09. The SMILES string of the molecule is Cc1cc(C)c(NC(=O)CSc2nnc(CS(=O)(=O)c3ccccc3)n2C)c(C)c1. The lowest BCUT2D eigenvalue weighted by Crippen LogP contribution is -2.16. The first-order chi connectivity index (χ1) is 14.2. The maximum Gasteiger partial charge on any atom is 0.234 e. The summed E-state index contributed by atoms with van der Waals surface area (Å²) in [6.45, 7) is 5.95. The first-order valence-electron chi connectivity index (χ1n) is 9.34. The van der Waals surface area contributed by atoms with Crippen molar-refractivity contribution in [2.75, 3.05) is 11.1 Å². The van der Waals surface area contributed by atoms with Crippen LogP contribution in [0.3, 0.4) is 0 Å². The minimum absolute atomic E-state index is 0.143. The molecule has 158 valence electrons. The molecule has 1 N–H and O–H groups in total. The Labute approximate surface area is 180 Å². The van der Waals surface area contributed by atoms with Crippen molar-refractivity contribution in [1.82, 2.24) is 14.8 Å². The van der Waals surface area contributed by atoms with Gasteiger partial charge in [-0.3, -0.25) is 4.79 Å². The Morgan fingerprint density at radius 2 is 1.70 bits per heavy atom. The number of hydrogen-bond acceptors (Lipinski definition) is 6. The number of aromatic nitrogens is 3. The molecule has 0 aliphatic rings. The van der Waals surface area contributed by atoms with Crippen LogP contribution in [0, 0.1) is 20.8 Å². The number of anilines is 1. The van der Waals surface area contributed by atoms with E-state index in [-0.39, 0.29) is 22.3 Å². The average molecular weight is 445 g/mol. The number of sulfone groups is 1. The molecule has 0 aliphatic heterocycles. The van der Waals surface area contributed by atoms with E-state index >= 15 is 0 Å². The first kappa shape index (κ1) is 22.0. The second-order valence-corrected chi connectivity index (χ2v) is 10.1. The minimum Gasteiger partial charge on any atom is -0.325 e. The zero-order valence-corrected chi connectivity index (χ0v) is 19.0. The van der Waals surface area contributed by atoms with E-state index in [9.17, 15) is 13.2 Å². The van der Waals surface area contributed by atoms with Crippen molar-refractivity contribution in [3.8, 4) is 0 Å². The van der Waals surface area contributed by atoms with Gasteiger partial charge in [-0.05, 0) is 44.0 Å². The number of amides is 1. The van der Waals surface area contributed by atoms with Crippen LogP contribution in [0.5, 0.6) is 0 Å². The number of nitrogens with zero attached hydrogens (tertiary/aromatic N) is 3. The normalized spacial score (nSPS) is 11.5. The molecule has 0 unspecified atom stereocenters. The highest BCUT2D eigenvalue weighted by Crippen LogP contribution is 2.23. The second kappa shape index (κ2) is 9.01. The van der Waals surface area contributed by atoms with Gasteiger partial charge in [0.25, 0.3) is 0 Å². The van der Waals surface area contributed by atoms with Crippen molar-refractivity contribution in [1.29, 1.82) is 0 Å². The number of thioether (sulfide) groups is 1. The highest BCUT2D eigenvalue weighted by atomic mass is 32.2. The summed E-state index contributed by atoms with van der Waals surface area (Å²) < 4.78 is 26.7. The van der Waals surface area contributed by atoms with Crippen LogP contribution in [0.2, 0.25) is 0 Å². The molecule has 1 heterocycles. The maximum absolute atomic E-state index is 12.6. The summed E-state index contributed by atoms with van der Waals surface area (Å²) in [4.78, 5) is 12.7. The van der Waals surface area contributed by atoms with Crippen molar-refractivity contribution in [3.63, 3.8) is 0 Å². The Kier molecular flexibility index (Phi) is 6.62. The molecule has 7 nitrogen and oxygen atoms in total. The van der Waals surface area contributed by atoms with Crippen LogP contribution in [0.15, 0.2) is 52.5 Å². The van der Waals surface area contributed by atoms with E-state index in [0.29, 0.717) is 11.0 Å². The molecule has 1 amide bonds. The lowest BCUT2D eigenvalue weighted by Gasteiger charge is -2.12. The van der Waals surface area contributed by atoms with E-state index in [1.165, 1.54) is 11.8 Å². The highest BCUT2D eigenvalue weighted by Gasteiger charge is 2.20. The minimum atomic E-state index is -3.52. The zero-order valence-electron chi connectivity index (χ0n) is 17.3. The molecule has 0 aliphatic carbocycles. The van der Waals surface area contributed by atoms with Gasteiger partial charge >= 0.3 is 0 Å².